The lowest BCUT2D eigenvalue weighted by Crippen LogP contribution is -2.27. The van der Waals surface area contributed by atoms with Crippen molar-refractivity contribution in [2.24, 2.45) is 5.92 Å². The smallest absolute Gasteiger partial charge is 0.224 e. The summed E-state index contributed by atoms with van der Waals surface area (Å²) in [5, 5.41) is 3.01. The Balaban J connectivity index is 1.46. The SMILES string of the molecule is O=C(Cc1ccc(-c2ccccc2)cc1)NCCC1CCOC1. The van der Waals surface area contributed by atoms with E-state index in [1.165, 1.54) is 11.1 Å². The molecule has 0 aliphatic carbocycles. The van der Waals surface area contributed by atoms with E-state index in [4.69, 9.17) is 4.74 Å². The van der Waals surface area contributed by atoms with Crippen LogP contribution in [0.15, 0.2) is 54.6 Å². The first-order chi connectivity index (χ1) is 11.3. The number of benzene rings is 2. The van der Waals surface area contributed by atoms with Crippen LogP contribution in [0, 0.1) is 5.92 Å². The van der Waals surface area contributed by atoms with Crippen molar-refractivity contribution in [3.05, 3.63) is 60.2 Å². The van der Waals surface area contributed by atoms with Gasteiger partial charge in [0, 0.05) is 19.8 Å². The van der Waals surface area contributed by atoms with E-state index < -0.39 is 0 Å². The van der Waals surface area contributed by atoms with Crippen LogP contribution in [0.4, 0.5) is 0 Å². The lowest BCUT2D eigenvalue weighted by Gasteiger charge is -2.09. The van der Waals surface area contributed by atoms with Gasteiger partial charge in [-0.2, -0.15) is 0 Å². The van der Waals surface area contributed by atoms with Gasteiger partial charge in [0.2, 0.25) is 5.91 Å². The Morgan fingerprint density at radius 1 is 1.04 bits per heavy atom. The fourth-order valence-corrected chi connectivity index (χ4v) is 2.92. The van der Waals surface area contributed by atoms with Crippen LogP contribution in [-0.2, 0) is 16.0 Å². The summed E-state index contributed by atoms with van der Waals surface area (Å²) in [7, 11) is 0. The van der Waals surface area contributed by atoms with Gasteiger partial charge < -0.3 is 10.1 Å². The molecule has 1 N–H and O–H groups in total. The van der Waals surface area contributed by atoms with Gasteiger partial charge in [-0.05, 0) is 35.4 Å². The molecule has 1 saturated heterocycles. The molecule has 1 unspecified atom stereocenters. The van der Waals surface area contributed by atoms with Crippen molar-refractivity contribution in [2.75, 3.05) is 19.8 Å². The van der Waals surface area contributed by atoms with Crippen LogP contribution in [-0.4, -0.2) is 25.7 Å². The molecule has 2 aromatic rings. The molecule has 3 heteroatoms. The number of amides is 1. The topological polar surface area (TPSA) is 38.3 Å². The lowest BCUT2D eigenvalue weighted by molar-refractivity contribution is -0.120. The minimum Gasteiger partial charge on any atom is -0.381 e. The fraction of sp³-hybridized carbons (Fsp3) is 0.350. The third kappa shape index (κ3) is 4.67. The van der Waals surface area contributed by atoms with E-state index in [0.717, 1.165) is 38.2 Å². The highest BCUT2D eigenvalue weighted by atomic mass is 16.5. The van der Waals surface area contributed by atoms with Crippen LogP contribution in [0.2, 0.25) is 0 Å². The van der Waals surface area contributed by atoms with Crippen molar-refractivity contribution in [1.82, 2.24) is 5.32 Å². The predicted molar refractivity (Wildman–Crippen MR) is 92.1 cm³/mol. The lowest BCUT2D eigenvalue weighted by atomic mass is 10.0. The van der Waals surface area contributed by atoms with Gasteiger partial charge in [0.1, 0.15) is 0 Å². The molecule has 0 aromatic heterocycles. The van der Waals surface area contributed by atoms with Crippen LogP contribution < -0.4 is 5.32 Å². The van der Waals surface area contributed by atoms with Crippen molar-refractivity contribution >= 4 is 5.91 Å². The quantitative estimate of drug-likeness (QED) is 0.887. The summed E-state index contributed by atoms with van der Waals surface area (Å²) < 4.78 is 5.35. The minimum absolute atomic E-state index is 0.0939. The number of carbonyl (C=O) groups is 1. The monoisotopic (exact) mass is 309 g/mol. The zero-order valence-electron chi connectivity index (χ0n) is 13.3. The molecular formula is C20H23NO2. The second kappa shape index (κ2) is 7.93. The van der Waals surface area contributed by atoms with Gasteiger partial charge in [0.15, 0.2) is 0 Å². The Hall–Kier alpha value is -2.13. The predicted octanol–water partition coefficient (Wildman–Crippen LogP) is 3.44. The summed E-state index contributed by atoms with van der Waals surface area (Å²) in [6.07, 6.45) is 2.58. The van der Waals surface area contributed by atoms with E-state index in [-0.39, 0.29) is 5.91 Å². The van der Waals surface area contributed by atoms with Crippen molar-refractivity contribution in [1.29, 1.82) is 0 Å². The molecule has 120 valence electrons. The van der Waals surface area contributed by atoms with Gasteiger partial charge >= 0.3 is 0 Å². The highest BCUT2D eigenvalue weighted by Gasteiger charge is 2.15. The van der Waals surface area contributed by atoms with E-state index in [1.807, 2.05) is 30.3 Å². The minimum atomic E-state index is 0.0939. The Morgan fingerprint density at radius 2 is 1.78 bits per heavy atom. The summed E-state index contributed by atoms with van der Waals surface area (Å²) in [4.78, 5) is 12.0. The van der Waals surface area contributed by atoms with E-state index >= 15 is 0 Å². The Morgan fingerprint density at radius 3 is 2.48 bits per heavy atom. The largest absolute Gasteiger partial charge is 0.381 e. The maximum absolute atomic E-state index is 12.0. The molecule has 0 radical (unpaired) electrons. The van der Waals surface area contributed by atoms with E-state index in [2.05, 4.69) is 29.6 Å². The Bertz CT molecular complexity index is 616. The van der Waals surface area contributed by atoms with Crippen molar-refractivity contribution in [3.63, 3.8) is 0 Å². The number of hydrogen-bond donors (Lipinski definition) is 1. The molecule has 3 rings (SSSR count). The summed E-state index contributed by atoms with van der Waals surface area (Å²) in [6.45, 7) is 2.46. The molecule has 1 fully saturated rings. The number of hydrogen-bond acceptors (Lipinski definition) is 2. The third-order valence-corrected chi connectivity index (χ3v) is 4.32. The maximum atomic E-state index is 12.0. The van der Waals surface area contributed by atoms with Crippen molar-refractivity contribution < 1.29 is 9.53 Å². The van der Waals surface area contributed by atoms with Crippen molar-refractivity contribution in [3.8, 4) is 11.1 Å². The zero-order valence-corrected chi connectivity index (χ0v) is 13.3. The summed E-state index contributed by atoms with van der Waals surface area (Å²) in [5.74, 6) is 0.705. The number of rotatable bonds is 6. The van der Waals surface area contributed by atoms with Crippen LogP contribution in [0.3, 0.4) is 0 Å². The molecule has 0 spiro atoms. The van der Waals surface area contributed by atoms with Gasteiger partial charge in [-0.3, -0.25) is 4.79 Å². The first kappa shape index (κ1) is 15.8. The summed E-state index contributed by atoms with van der Waals surface area (Å²) in [5.41, 5.74) is 3.42. The molecule has 3 nitrogen and oxygen atoms in total. The number of carbonyl (C=O) groups excluding carboxylic acids is 1. The second-order valence-electron chi connectivity index (χ2n) is 6.11. The molecule has 1 heterocycles. The molecular weight excluding hydrogens is 286 g/mol. The first-order valence-electron chi connectivity index (χ1n) is 8.30. The standard InChI is InChI=1S/C20H23NO2/c22-20(21-12-10-17-11-13-23-15-17)14-16-6-8-19(9-7-16)18-4-2-1-3-5-18/h1-9,17H,10-15H2,(H,21,22). The first-order valence-corrected chi connectivity index (χ1v) is 8.30. The van der Waals surface area contributed by atoms with E-state index in [9.17, 15) is 4.79 Å². The van der Waals surface area contributed by atoms with Crippen LogP contribution in [0.25, 0.3) is 11.1 Å². The van der Waals surface area contributed by atoms with Gasteiger partial charge in [0.25, 0.3) is 0 Å². The average Bonchev–Trinajstić information content (AvgIpc) is 3.10. The average molecular weight is 309 g/mol. The van der Waals surface area contributed by atoms with Gasteiger partial charge in [-0.25, -0.2) is 0 Å². The summed E-state index contributed by atoms with van der Waals surface area (Å²) in [6, 6.07) is 18.5. The van der Waals surface area contributed by atoms with Gasteiger partial charge in [0.05, 0.1) is 6.42 Å². The molecule has 0 saturated carbocycles. The molecule has 1 aliphatic heterocycles. The van der Waals surface area contributed by atoms with Gasteiger partial charge in [-0.1, -0.05) is 54.6 Å². The number of ether oxygens (including phenoxy) is 1. The van der Waals surface area contributed by atoms with Crippen molar-refractivity contribution in [2.45, 2.75) is 19.3 Å². The van der Waals surface area contributed by atoms with Crippen LogP contribution in [0.5, 0.6) is 0 Å². The Labute approximate surface area is 137 Å². The molecule has 1 amide bonds. The van der Waals surface area contributed by atoms with Crippen LogP contribution >= 0.6 is 0 Å². The highest BCUT2D eigenvalue weighted by Crippen LogP contribution is 2.19. The molecule has 2 aromatic carbocycles. The molecule has 1 atom stereocenters. The normalized spacial score (nSPS) is 17.1. The molecule has 0 bridgehead atoms. The maximum Gasteiger partial charge on any atom is 0.224 e. The molecule has 23 heavy (non-hydrogen) atoms. The number of nitrogens with one attached hydrogen (secondary N) is 1. The second-order valence-corrected chi connectivity index (χ2v) is 6.11. The molecule has 1 aliphatic rings. The van der Waals surface area contributed by atoms with E-state index in [1.54, 1.807) is 0 Å². The van der Waals surface area contributed by atoms with Crippen LogP contribution in [0.1, 0.15) is 18.4 Å². The van der Waals surface area contributed by atoms with E-state index in [0.29, 0.717) is 12.3 Å². The van der Waals surface area contributed by atoms with Gasteiger partial charge in [-0.15, -0.1) is 0 Å². The summed E-state index contributed by atoms with van der Waals surface area (Å²) >= 11 is 0. The highest BCUT2D eigenvalue weighted by molar-refractivity contribution is 5.78. The fourth-order valence-electron chi connectivity index (χ4n) is 2.92. The third-order valence-electron chi connectivity index (χ3n) is 4.32. The zero-order chi connectivity index (χ0) is 15.9. The Kier molecular flexibility index (Phi) is 5.43.